The zero-order valence-electron chi connectivity index (χ0n) is 16.7. The molecule has 2 aromatic carbocycles. The van der Waals surface area contributed by atoms with Crippen molar-refractivity contribution >= 4 is 29.3 Å². The van der Waals surface area contributed by atoms with E-state index >= 15 is 0 Å². The first-order chi connectivity index (χ1) is 14.6. The average Bonchev–Trinajstić information content (AvgIpc) is 3.24. The lowest BCUT2D eigenvalue weighted by molar-refractivity contribution is -0.181. The number of ether oxygens (including phenoxy) is 2. The van der Waals surface area contributed by atoms with Crippen LogP contribution in [0.2, 0.25) is 0 Å². The number of carbonyl (C=O) groups is 2. The maximum atomic E-state index is 13.2. The summed E-state index contributed by atoms with van der Waals surface area (Å²) in [6, 6.07) is 15.6. The van der Waals surface area contributed by atoms with Crippen LogP contribution in [0.1, 0.15) is 28.8 Å². The van der Waals surface area contributed by atoms with E-state index in [0.717, 1.165) is 16.1 Å². The Labute approximate surface area is 180 Å². The first kappa shape index (κ1) is 19.6. The summed E-state index contributed by atoms with van der Waals surface area (Å²) in [5.41, 5.74) is 2.51. The summed E-state index contributed by atoms with van der Waals surface area (Å²) >= 11 is 1.53. The fourth-order valence-electron chi connectivity index (χ4n) is 4.29. The van der Waals surface area contributed by atoms with Crippen molar-refractivity contribution in [2.45, 2.75) is 30.1 Å². The summed E-state index contributed by atoms with van der Waals surface area (Å²) in [5, 5.41) is 0. The zero-order valence-corrected chi connectivity index (χ0v) is 17.5. The lowest BCUT2D eigenvalue weighted by Crippen LogP contribution is -2.47. The maximum Gasteiger partial charge on any atom is 0.253 e. The van der Waals surface area contributed by atoms with Gasteiger partial charge in [0.1, 0.15) is 0 Å². The summed E-state index contributed by atoms with van der Waals surface area (Å²) in [6.45, 7) is 2.98. The smallest absolute Gasteiger partial charge is 0.253 e. The second-order valence-electron chi connectivity index (χ2n) is 7.84. The van der Waals surface area contributed by atoms with Crippen molar-refractivity contribution in [3.8, 4) is 0 Å². The average molecular weight is 425 g/mol. The van der Waals surface area contributed by atoms with E-state index in [0.29, 0.717) is 57.0 Å². The monoisotopic (exact) mass is 424 g/mol. The van der Waals surface area contributed by atoms with Crippen LogP contribution >= 0.6 is 11.8 Å². The molecule has 3 heterocycles. The van der Waals surface area contributed by atoms with Gasteiger partial charge in [0.05, 0.1) is 31.2 Å². The molecule has 2 saturated heterocycles. The van der Waals surface area contributed by atoms with Crippen molar-refractivity contribution in [3.05, 3.63) is 59.7 Å². The minimum absolute atomic E-state index is 0.00618. The highest BCUT2D eigenvalue weighted by molar-refractivity contribution is 8.00. The number of nitrogens with zero attached hydrogens (tertiary/aromatic N) is 2. The number of thioether (sulfide) groups is 1. The van der Waals surface area contributed by atoms with Gasteiger partial charge >= 0.3 is 0 Å². The largest absolute Gasteiger partial charge is 0.347 e. The van der Waals surface area contributed by atoms with Gasteiger partial charge in [-0.25, -0.2) is 0 Å². The first-order valence-corrected chi connectivity index (χ1v) is 11.3. The lowest BCUT2D eigenvalue weighted by atomic mass is 10.0. The van der Waals surface area contributed by atoms with E-state index < -0.39 is 5.79 Å². The van der Waals surface area contributed by atoms with E-state index in [1.807, 2.05) is 53.4 Å². The molecular formula is C23H24N2O4S. The Bertz CT molecular complexity index is 949. The number of anilines is 1. The van der Waals surface area contributed by atoms with Crippen LogP contribution in [0, 0.1) is 0 Å². The van der Waals surface area contributed by atoms with Gasteiger partial charge in [0.25, 0.3) is 5.91 Å². The standard InChI is InChI=1S/C23H24N2O4S/c26-21-16-30-20-7-6-18(14-19(20)25(21)15-17-4-2-1-3-5-17)22(27)24-10-8-23(9-11-24)28-12-13-29-23/h1-7,14H,8-13,15-16H2. The van der Waals surface area contributed by atoms with E-state index in [4.69, 9.17) is 9.47 Å². The second-order valence-corrected chi connectivity index (χ2v) is 8.85. The number of benzene rings is 2. The molecule has 0 bridgehead atoms. The SMILES string of the molecule is O=C(c1ccc2c(c1)N(Cc1ccccc1)C(=O)CS2)N1CCC2(CC1)OCCO2. The van der Waals surface area contributed by atoms with Crippen molar-refractivity contribution in [2.75, 3.05) is 37.0 Å². The Kier molecular flexibility index (Phi) is 5.26. The molecule has 0 atom stereocenters. The highest BCUT2D eigenvalue weighted by atomic mass is 32.2. The third-order valence-corrected chi connectivity index (χ3v) is 7.01. The van der Waals surface area contributed by atoms with Gasteiger partial charge < -0.3 is 19.3 Å². The van der Waals surface area contributed by atoms with Gasteiger partial charge in [-0.05, 0) is 23.8 Å². The molecule has 2 fully saturated rings. The van der Waals surface area contributed by atoms with E-state index in [2.05, 4.69) is 0 Å². The van der Waals surface area contributed by atoms with E-state index in [9.17, 15) is 9.59 Å². The highest BCUT2D eigenvalue weighted by Crippen LogP contribution is 2.38. The molecule has 156 valence electrons. The molecule has 3 aliphatic heterocycles. The van der Waals surface area contributed by atoms with E-state index in [1.54, 1.807) is 4.90 Å². The number of hydrogen-bond donors (Lipinski definition) is 0. The summed E-state index contributed by atoms with van der Waals surface area (Å²) in [5.74, 6) is -0.0199. The molecule has 6 nitrogen and oxygen atoms in total. The van der Waals surface area contributed by atoms with Crippen molar-refractivity contribution in [1.29, 1.82) is 0 Å². The van der Waals surface area contributed by atoms with Gasteiger partial charge in [-0.15, -0.1) is 11.8 Å². The van der Waals surface area contributed by atoms with Crippen molar-refractivity contribution in [3.63, 3.8) is 0 Å². The quantitative estimate of drug-likeness (QED) is 0.757. The molecule has 3 aliphatic rings. The minimum atomic E-state index is -0.498. The number of fused-ring (bicyclic) bond motifs is 1. The molecular weight excluding hydrogens is 400 g/mol. The summed E-state index contributed by atoms with van der Waals surface area (Å²) in [7, 11) is 0. The molecule has 0 unspecified atom stereocenters. The van der Waals surface area contributed by atoms with Crippen LogP contribution in [-0.2, 0) is 20.8 Å². The van der Waals surface area contributed by atoms with Gasteiger partial charge in [0.2, 0.25) is 5.91 Å². The van der Waals surface area contributed by atoms with Crippen LogP contribution in [0.25, 0.3) is 0 Å². The molecule has 2 aromatic rings. The number of hydrogen-bond acceptors (Lipinski definition) is 5. The Morgan fingerprint density at radius 1 is 1.03 bits per heavy atom. The predicted molar refractivity (Wildman–Crippen MR) is 115 cm³/mol. The topological polar surface area (TPSA) is 59.1 Å². The van der Waals surface area contributed by atoms with Crippen molar-refractivity contribution < 1.29 is 19.1 Å². The third-order valence-electron chi connectivity index (χ3n) is 5.96. The first-order valence-electron chi connectivity index (χ1n) is 10.3. The van der Waals surface area contributed by atoms with Crippen molar-refractivity contribution in [1.82, 2.24) is 4.90 Å². The highest BCUT2D eigenvalue weighted by Gasteiger charge is 2.41. The number of likely N-dealkylation sites (tertiary alicyclic amines) is 1. The number of rotatable bonds is 3. The Morgan fingerprint density at radius 2 is 1.77 bits per heavy atom. The summed E-state index contributed by atoms with van der Waals surface area (Å²) in [6.07, 6.45) is 1.39. The Balaban J connectivity index is 1.36. The molecule has 0 aliphatic carbocycles. The van der Waals surface area contributed by atoms with Crippen LogP contribution in [0.4, 0.5) is 5.69 Å². The normalized spacial score (nSPS) is 20.5. The fraction of sp³-hybridized carbons (Fsp3) is 0.391. The van der Waals surface area contributed by atoms with Gasteiger partial charge in [-0.3, -0.25) is 9.59 Å². The maximum absolute atomic E-state index is 13.2. The number of carbonyl (C=O) groups excluding carboxylic acids is 2. The zero-order chi connectivity index (χ0) is 20.6. The molecule has 0 N–H and O–H groups in total. The van der Waals surface area contributed by atoms with E-state index in [1.165, 1.54) is 11.8 Å². The van der Waals surface area contributed by atoms with Gasteiger partial charge in [0, 0.05) is 36.4 Å². The molecule has 0 radical (unpaired) electrons. The van der Waals surface area contributed by atoms with Crippen LogP contribution in [0.5, 0.6) is 0 Å². The molecule has 7 heteroatoms. The third kappa shape index (κ3) is 3.73. The molecule has 0 saturated carbocycles. The molecule has 0 aromatic heterocycles. The minimum Gasteiger partial charge on any atom is -0.347 e. The Morgan fingerprint density at radius 3 is 2.50 bits per heavy atom. The van der Waals surface area contributed by atoms with Gasteiger partial charge in [0.15, 0.2) is 5.79 Å². The van der Waals surface area contributed by atoms with Crippen LogP contribution in [0.15, 0.2) is 53.4 Å². The molecule has 30 heavy (non-hydrogen) atoms. The Hall–Kier alpha value is -2.35. The number of piperidine rings is 1. The lowest BCUT2D eigenvalue weighted by Gasteiger charge is -2.37. The summed E-state index contributed by atoms with van der Waals surface area (Å²) < 4.78 is 11.5. The van der Waals surface area contributed by atoms with Crippen LogP contribution < -0.4 is 4.90 Å². The van der Waals surface area contributed by atoms with Gasteiger partial charge in [-0.2, -0.15) is 0 Å². The molecule has 5 rings (SSSR count). The molecule has 1 spiro atoms. The van der Waals surface area contributed by atoms with Crippen molar-refractivity contribution in [2.24, 2.45) is 0 Å². The van der Waals surface area contributed by atoms with E-state index in [-0.39, 0.29) is 11.8 Å². The van der Waals surface area contributed by atoms with Crippen LogP contribution in [0.3, 0.4) is 0 Å². The number of amides is 2. The fourth-order valence-corrected chi connectivity index (χ4v) is 5.21. The molecule has 2 amide bonds. The predicted octanol–water partition coefficient (Wildman–Crippen LogP) is 3.30. The van der Waals surface area contributed by atoms with Gasteiger partial charge in [-0.1, -0.05) is 30.3 Å². The van der Waals surface area contributed by atoms with Crippen LogP contribution in [-0.4, -0.2) is 54.6 Å². The second kappa shape index (κ2) is 8.06. The summed E-state index contributed by atoms with van der Waals surface area (Å²) in [4.78, 5) is 30.5.